The standard InChI is InChI=1S/C15H12N4O6/c1-25-15(20)11-4-2-10(3-5-11)9-16-17-13-7-6-12(18(21)22)8-14(13)19(23)24/h2-9,17H,1H3/b16-9-. The molecule has 0 aliphatic rings. The molecule has 1 N–H and O–H groups in total. The average Bonchev–Trinajstić information content (AvgIpc) is 2.61. The molecule has 0 unspecified atom stereocenters. The lowest BCUT2D eigenvalue weighted by molar-refractivity contribution is -0.393. The summed E-state index contributed by atoms with van der Waals surface area (Å²) in [4.78, 5) is 31.6. The number of nitro groups is 2. The first kappa shape index (κ1) is 17.5. The van der Waals surface area contributed by atoms with E-state index in [1.807, 2.05) is 0 Å². The molecule has 0 fully saturated rings. The largest absolute Gasteiger partial charge is 0.465 e. The summed E-state index contributed by atoms with van der Waals surface area (Å²) in [6.45, 7) is 0. The first-order valence-corrected chi connectivity index (χ1v) is 6.82. The second-order valence-corrected chi connectivity index (χ2v) is 4.70. The van der Waals surface area contributed by atoms with Crippen LogP contribution < -0.4 is 5.43 Å². The number of anilines is 1. The highest BCUT2D eigenvalue weighted by atomic mass is 16.6. The molecule has 0 atom stereocenters. The van der Waals surface area contributed by atoms with Crippen molar-refractivity contribution in [2.45, 2.75) is 0 Å². The van der Waals surface area contributed by atoms with Crippen LogP contribution in [0.2, 0.25) is 0 Å². The minimum atomic E-state index is -0.740. The Balaban J connectivity index is 2.15. The van der Waals surface area contributed by atoms with E-state index < -0.39 is 21.5 Å². The van der Waals surface area contributed by atoms with E-state index in [1.54, 1.807) is 24.3 Å². The summed E-state index contributed by atoms with van der Waals surface area (Å²) in [7, 11) is 1.28. The topological polar surface area (TPSA) is 137 Å². The van der Waals surface area contributed by atoms with Crippen molar-refractivity contribution in [3.63, 3.8) is 0 Å². The number of nitrogens with zero attached hydrogens (tertiary/aromatic N) is 3. The van der Waals surface area contributed by atoms with Crippen LogP contribution in [0, 0.1) is 20.2 Å². The Labute approximate surface area is 141 Å². The van der Waals surface area contributed by atoms with Crippen LogP contribution in [-0.4, -0.2) is 29.1 Å². The third-order valence-electron chi connectivity index (χ3n) is 3.12. The third kappa shape index (κ3) is 4.34. The number of carbonyl (C=O) groups excluding carboxylic acids is 1. The molecule has 0 saturated carbocycles. The van der Waals surface area contributed by atoms with Gasteiger partial charge < -0.3 is 4.74 Å². The fourth-order valence-electron chi connectivity index (χ4n) is 1.88. The zero-order valence-corrected chi connectivity index (χ0v) is 12.9. The van der Waals surface area contributed by atoms with Crippen molar-refractivity contribution in [1.82, 2.24) is 0 Å². The number of non-ortho nitro benzene ring substituents is 1. The van der Waals surface area contributed by atoms with Gasteiger partial charge in [0.1, 0.15) is 5.69 Å². The van der Waals surface area contributed by atoms with Gasteiger partial charge in [-0.05, 0) is 23.8 Å². The van der Waals surface area contributed by atoms with Crippen LogP contribution in [0.15, 0.2) is 47.6 Å². The molecule has 10 heteroatoms. The Morgan fingerprint density at radius 2 is 1.80 bits per heavy atom. The Bertz CT molecular complexity index is 848. The number of hydrogen-bond donors (Lipinski definition) is 1. The van der Waals surface area contributed by atoms with Crippen molar-refractivity contribution >= 4 is 29.2 Å². The van der Waals surface area contributed by atoms with E-state index in [4.69, 9.17) is 0 Å². The lowest BCUT2D eigenvalue weighted by Crippen LogP contribution is -2.01. The van der Waals surface area contributed by atoms with Crippen molar-refractivity contribution in [2.75, 3.05) is 12.5 Å². The summed E-state index contributed by atoms with van der Waals surface area (Å²) in [5.74, 6) is -0.469. The number of methoxy groups -OCH3 is 1. The molecule has 0 radical (unpaired) electrons. The van der Waals surface area contributed by atoms with Crippen LogP contribution in [0.25, 0.3) is 0 Å². The molecule has 0 heterocycles. The first-order valence-electron chi connectivity index (χ1n) is 6.82. The molecule has 0 aliphatic heterocycles. The predicted octanol–water partition coefficient (Wildman–Crippen LogP) is 2.74. The molecule has 0 spiro atoms. The Morgan fingerprint density at radius 3 is 2.36 bits per heavy atom. The first-order chi connectivity index (χ1) is 11.9. The van der Waals surface area contributed by atoms with Crippen molar-refractivity contribution < 1.29 is 19.4 Å². The number of nitrogens with one attached hydrogen (secondary N) is 1. The fraction of sp³-hybridized carbons (Fsp3) is 0.0667. The van der Waals surface area contributed by atoms with Crippen molar-refractivity contribution in [3.8, 4) is 0 Å². The van der Waals surface area contributed by atoms with Crippen molar-refractivity contribution in [3.05, 3.63) is 73.8 Å². The summed E-state index contributed by atoms with van der Waals surface area (Å²) >= 11 is 0. The molecule has 0 bridgehead atoms. The van der Waals surface area contributed by atoms with E-state index in [2.05, 4.69) is 15.3 Å². The van der Waals surface area contributed by atoms with Gasteiger partial charge in [-0.2, -0.15) is 5.10 Å². The van der Waals surface area contributed by atoms with Crippen LogP contribution in [0.1, 0.15) is 15.9 Å². The van der Waals surface area contributed by atoms with Gasteiger partial charge >= 0.3 is 11.7 Å². The minimum Gasteiger partial charge on any atom is -0.465 e. The summed E-state index contributed by atoms with van der Waals surface area (Å²) < 4.78 is 4.58. The van der Waals surface area contributed by atoms with Crippen LogP contribution in [-0.2, 0) is 4.74 Å². The van der Waals surface area contributed by atoms with E-state index in [0.29, 0.717) is 11.1 Å². The molecule has 0 aliphatic carbocycles. The van der Waals surface area contributed by atoms with Gasteiger partial charge in [0, 0.05) is 6.07 Å². The highest BCUT2D eigenvalue weighted by molar-refractivity contribution is 5.90. The van der Waals surface area contributed by atoms with Gasteiger partial charge in [-0.3, -0.25) is 25.7 Å². The summed E-state index contributed by atoms with van der Waals surface area (Å²) in [6.07, 6.45) is 1.38. The van der Waals surface area contributed by atoms with Crippen molar-refractivity contribution in [1.29, 1.82) is 0 Å². The SMILES string of the molecule is COC(=O)c1ccc(/C=N\Nc2ccc([N+](=O)[O-])cc2[N+](=O)[O-])cc1. The lowest BCUT2D eigenvalue weighted by atomic mass is 10.1. The Hall–Kier alpha value is -3.82. The molecular formula is C15H12N4O6. The molecule has 0 aromatic heterocycles. The quantitative estimate of drug-likeness (QED) is 0.368. The maximum atomic E-state index is 11.3. The van der Waals surface area contributed by atoms with Crippen LogP contribution >= 0.6 is 0 Å². The molecule has 0 amide bonds. The van der Waals surface area contributed by atoms with Crippen LogP contribution in [0.3, 0.4) is 0 Å². The third-order valence-corrected chi connectivity index (χ3v) is 3.12. The van der Waals surface area contributed by atoms with E-state index >= 15 is 0 Å². The van der Waals surface area contributed by atoms with Gasteiger partial charge in [0.05, 0.1) is 34.8 Å². The maximum Gasteiger partial charge on any atom is 0.337 e. The van der Waals surface area contributed by atoms with Crippen LogP contribution in [0.4, 0.5) is 17.1 Å². The number of esters is 1. The molecule has 2 aromatic carbocycles. The number of hydrazone groups is 1. The highest BCUT2D eigenvalue weighted by Crippen LogP contribution is 2.28. The van der Waals surface area contributed by atoms with Crippen molar-refractivity contribution in [2.24, 2.45) is 5.10 Å². The van der Waals surface area contributed by atoms with Gasteiger partial charge in [0.25, 0.3) is 5.69 Å². The number of carbonyl (C=O) groups is 1. The normalized spacial score (nSPS) is 10.4. The molecule has 10 nitrogen and oxygen atoms in total. The molecule has 0 saturated heterocycles. The molecule has 2 rings (SSSR count). The van der Waals surface area contributed by atoms with Gasteiger partial charge in [-0.1, -0.05) is 12.1 Å². The van der Waals surface area contributed by atoms with Gasteiger partial charge in [0.15, 0.2) is 0 Å². The number of rotatable bonds is 6. The van der Waals surface area contributed by atoms with Gasteiger partial charge in [-0.25, -0.2) is 4.79 Å². The van der Waals surface area contributed by atoms with Gasteiger partial charge in [-0.15, -0.1) is 0 Å². The van der Waals surface area contributed by atoms with Crippen LogP contribution in [0.5, 0.6) is 0 Å². The number of nitro benzene ring substituents is 2. The molecule has 25 heavy (non-hydrogen) atoms. The molecule has 128 valence electrons. The zero-order chi connectivity index (χ0) is 18.4. The maximum absolute atomic E-state index is 11.3. The highest BCUT2D eigenvalue weighted by Gasteiger charge is 2.19. The van der Waals surface area contributed by atoms with E-state index in [0.717, 1.165) is 12.1 Å². The summed E-state index contributed by atoms with van der Waals surface area (Å²) in [5.41, 5.74) is 2.63. The fourth-order valence-corrected chi connectivity index (χ4v) is 1.88. The van der Waals surface area contributed by atoms with E-state index in [1.165, 1.54) is 19.4 Å². The predicted molar refractivity (Wildman–Crippen MR) is 88.7 cm³/mol. The molecule has 2 aromatic rings. The molecular weight excluding hydrogens is 332 g/mol. The smallest absolute Gasteiger partial charge is 0.337 e. The average molecular weight is 344 g/mol. The van der Waals surface area contributed by atoms with E-state index in [9.17, 15) is 25.0 Å². The zero-order valence-electron chi connectivity index (χ0n) is 12.9. The Morgan fingerprint density at radius 1 is 1.12 bits per heavy atom. The second-order valence-electron chi connectivity index (χ2n) is 4.70. The lowest BCUT2D eigenvalue weighted by Gasteiger charge is -2.02. The monoisotopic (exact) mass is 344 g/mol. The summed E-state index contributed by atoms with van der Waals surface area (Å²) in [6, 6.07) is 9.50. The Kier molecular flexibility index (Phi) is 5.36. The van der Waals surface area contributed by atoms with Gasteiger partial charge in [0.2, 0.25) is 0 Å². The number of ether oxygens (including phenoxy) is 1. The van der Waals surface area contributed by atoms with E-state index in [-0.39, 0.29) is 11.4 Å². The number of hydrogen-bond acceptors (Lipinski definition) is 8. The second kappa shape index (κ2) is 7.64. The summed E-state index contributed by atoms with van der Waals surface area (Å²) in [5, 5.41) is 25.5. The number of benzene rings is 2. The minimum absolute atomic E-state index is 0.0121.